The fourth-order valence-electron chi connectivity index (χ4n) is 3.75. The topological polar surface area (TPSA) is 31.4 Å². The highest BCUT2D eigenvalue weighted by molar-refractivity contribution is 6.03. The van der Waals surface area contributed by atoms with Crippen LogP contribution < -0.4 is 5.01 Å². The third kappa shape index (κ3) is 2.49. The maximum atomic E-state index is 5.01. The van der Waals surface area contributed by atoms with Crippen molar-refractivity contribution in [3.05, 3.63) is 102 Å². The highest BCUT2D eigenvalue weighted by Gasteiger charge is 2.31. The Morgan fingerprint density at radius 3 is 2.31 bits per heavy atom. The summed E-state index contributed by atoms with van der Waals surface area (Å²) >= 11 is 0. The molecule has 0 saturated carbocycles. The monoisotopic (exact) mass is 337 g/mol. The van der Waals surface area contributed by atoms with E-state index in [-0.39, 0.29) is 6.04 Å². The first-order chi connectivity index (χ1) is 12.9. The minimum Gasteiger partial charge on any atom is -0.361 e. The van der Waals surface area contributed by atoms with E-state index < -0.39 is 0 Å². The summed E-state index contributed by atoms with van der Waals surface area (Å²) in [5.74, 6) is 0. The lowest BCUT2D eigenvalue weighted by molar-refractivity contribution is 0.714. The maximum Gasteiger partial charge on any atom is 0.0852 e. The molecule has 3 heteroatoms. The van der Waals surface area contributed by atoms with Gasteiger partial charge in [0.2, 0.25) is 0 Å². The summed E-state index contributed by atoms with van der Waals surface area (Å²) in [5.41, 5.74) is 5.90. The maximum absolute atomic E-state index is 5.01. The van der Waals surface area contributed by atoms with Gasteiger partial charge >= 0.3 is 0 Å². The van der Waals surface area contributed by atoms with Crippen molar-refractivity contribution in [1.29, 1.82) is 0 Å². The number of aromatic amines is 1. The molecular formula is C23H19N3. The van der Waals surface area contributed by atoms with E-state index in [1.165, 1.54) is 22.0 Å². The number of H-pyrrole nitrogens is 1. The zero-order valence-electron chi connectivity index (χ0n) is 14.3. The second-order valence-electron chi connectivity index (χ2n) is 6.60. The molecule has 26 heavy (non-hydrogen) atoms. The number of nitrogens with zero attached hydrogens (tertiary/aromatic N) is 2. The summed E-state index contributed by atoms with van der Waals surface area (Å²) in [6.45, 7) is 0. The fraction of sp³-hybridized carbons (Fsp3) is 0.0870. The predicted octanol–water partition coefficient (Wildman–Crippen LogP) is 5.52. The zero-order chi connectivity index (χ0) is 17.3. The number of hydrogen-bond donors (Lipinski definition) is 1. The van der Waals surface area contributed by atoms with Gasteiger partial charge in [0.05, 0.1) is 17.4 Å². The van der Waals surface area contributed by atoms with Gasteiger partial charge in [-0.05, 0) is 23.8 Å². The number of hydrazone groups is 1. The van der Waals surface area contributed by atoms with Gasteiger partial charge in [-0.15, -0.1) is 0 Å². The molecule has 1 aromatic heterocycles. The zero-order valence-corrected chi connectivity index (χ0v) is 14.3. The molecule has 0 saturated heterocycles. The highest BCUT2D eigenvalue weighted by atomic mass is 15.5. The first-order valence-electron chi connectivity index (χ1n) is 8.93. The summed E-state index contributed by atoms with van der Waals surface area (Å²) in [7, 11) is 0. The summed E-state index contributed by atoms with van der Waals surface area (Å²) in [4.78, 5) is 3.41. The molecule has 3 aromatic carbocycles. The van der Waals surface area contributed by atoms with Crippen LogP contribution in [0.4, 0.5) is 5.69 Å². The fourth-order valence-corrected chi connectivity index (χ4v) is 3.75. The number of rotatable bonds is 3. The van der Waals surface area contributed by atoms with Gasteiger partial charge in [0, 0.05) is 29.1 Å². The van der Waals surface area contributed by atoms with E-state index in [0.29, 0.717) is 0 Å². The van der Waals surface area contributed by atoms with Crippen molar-refractivity contribution in [2.75, 3.05) is 5.01 Å². The summed E-state index contributed by atoms with van der Waals surface area (Å²) in [6, 6.07) is 29.6. The lowest BCUT2D eigenvalue weighted by Crippen LogP contribution is -2.18. The molecule has 1 atom stereocenters. The number of fused-ring (bicyclic) bond motifs is 1. The van der Waals surface area contributed by atoms with Crippen LogP contribution in [0.15, 0.2) is 96.2 Å². The van der Waals surface area contributed by atoms with Crippen LogP contribution in [0.1, 0.15) is 23.6 Å². The van der Waals surface area contributed by atoms with Crippen LogP contribution in [0.25, 0.3) is 10.9 Å². The van der Waals surface area contributed by atoms with Crippen molar-refractivity contribution in [3.8, 4) is 0 Å². The van der Waals surface area contributed by atoms with Crippen molar-refractivity contribution in [2.45, 2.75) is 12.5 Å². The van der Waals surface area contributed by atoms with Crippen molar-refractivity contribution >= 4 is 22.3 Å². The molecule has 0 aliphatic carbocycles. The van der Waals surface area contributed by atoms with Crippen molar-refractivity contribution in [1.82, 2.24) is 4.98 Å². The van der Waals surface area contributed by atoms with Gasteiger partial charge in [0.15, 0.2) is 0 Å². The first kappa shape index (κ1) is 15.0. The third-order valence-electron chi connectivity index (χ3n) is 5.02. The third-order valence-corrected chi connectivity index (χ3v) is 5.02. The van der Waals surface area contributed by atoms with Crippen molar-refractivity contribution in [2.24, 2.45) is 5.10 Å². The Kier molecular flexibility index (Phi) is 3.56. The number of nitrogens with one attached hydrogen (secondary N) is 1. The van der Waals surface area contributed by atoms with Gasteiger partial charge < -0.3 is 4.98 Å². The molecular weight excluding hydrogens is 318 g/mol. The molecule has 0 amide bonds. The molecule has 1 aliphatic heterocycles. The second-order valence-corrected chi connectivity index (χ2v) is 6.60. The molecule has 2 heterocycles. The minimum absolute atomic E-state index is 0.184. The van der Waals surface area contributed by atoms with Gasteiger partial charge in [0.25, 0.3) is 0 Å². The van der Waals surface area contributed by atoms with Gasteiger partial charge in [-0.1, -0.05) is 66.7 Å². The number of benzene rings is 3. The first-order valence-corrected chi connectivity index (χ1v) is 8.93. The van der Waals surface area contributed by atoms with E-state index in [9.17, 15) is 0 Å². The summed E-state index contributed by atoms with van der Waals surface area (Å²) < 4.78 is 0. The number of aromatic nitrogens is 1. The molecule has 1 unspecified atom stereocenters. The Morgan fingerprint density at radius 1 is 0.808 bits per heavy atom. The molecule has 1 aliphatic rings. The van der Waals surface area contributed by atoms with Crippen molar-refractivity contribution < 1.29 is 0 Å². The Bertz CT molecular complexity index is 1060. The van der Waals surface area contributed by atoms with Crippen LogP contribution in [0.5, 0.6) is 0 Å². The van der Waals surface area contributed by atoms with Crippen LogP contribution in [-0.4, -0.2) is 10.7 Å². The molecule has 1 N–H and O–H groups in total. The second kappa shape index (κ2) is 6.19. The largest absolute Gasteiger partial charge is 0.361 e. The lowest BCUT2D eigenvalue weighted by atomic mass is 9.98. The number of hydrogen-bond acceptors (Lipinski definition) is 2. The SMILES string of the molecule is c1ccc(C2=NN(c3ccccc3)C(c3c[nH]c4ccccc34)C2)cc1. The highest BCUT2D eigenvalue weighted by Crippen LogP contribution is 2.39. The van der Waals surface area contributed by atoms with Crippen LogP contribution in [0.3, 0.4) is 0 Å². The van der Waals surface area contributed by atoms with Crippen molar-refractivity contribution in [3.63, 3.8) is 0 Å². The van der Waals surface area contributed by atoms with Crippen LogP contribution in [-0.2, 0) is 0 Å². The van der Waals surface area contributed by atoms with E-state index in [2.05, 4.69) is 89.0 Å². The Morgan fingerprint density at radius 2 is 1.50 bits per heavy atom. The van der Waals surface area contributed by atoms with E-state index >= 15 is 0 Å². The van der Waals surface area contributed by atoms with E-state index in [1.54, 1.807) is 0 Å². The molecule has 126 valence electrons. The van der Waals surface area contributed by atoms with E-state index in [0.717, 1.165) is 17.8 Å². The smallest absolute Gasteiger partial charge is 0.0852 e. The molecule has 0 bridgehead atoms. The standard InChI is InChI=1S/C23H19N3/c1-3-9-17(10-4-1)22-15-23(26(25-22)18-11-5-2-6-12-18)20-16-24-21-14-8-7-13-19(20)21/h1-14,16,23-24H,15H2. The number of para-hydroxylation sites is 2. The predicted molar refractivity (Wildman–Crippen MR) is 108 cm³/mol. The molecule has 4 aromatic rings. The Labute approximate surface area is 152 Å². The van der Waals surface area contributed by atoms with Crippen LogP contribution in [0, 0.1) is 0 Å². The van der Waals surface area contributed by atoms with Gasteiger partial charge in [0.1, 0.15) is 0 Å². The van der Waals surface area contributed by atoms with Gasteiger partial charge in [-0.2, -0.15) is 5.10 Å². The van der Waals surface area contributed by atoms with Gasteiger partial charge in [-0.3, -0.25) is 5.01 Å². The molecule has 0 fully saturated rings. The quantitative estimate of drug-likeness (QED) is 0.524. The molecule has 0 spiro atoms. The average Bonchev–Trinajstić information content (AvgIpc) is 3.34. The molecule has 0 radical (unpaired) electrons. The van der Waals surface area contributed by atoms with E-state index in [4.69, 9.17) is 5.10 Å². The molecule has 3 nitrogen and oxygen atoms in total. The molecule has 5 rings (SSSR count). The summed E-state index contributed by atoms with van der Waals surface area (Å²) in [5, 5.41) is 8.44. The Hall–Kier alpha value is -3.33. The Balaban J connectivity index is 1.62. The summed E-state index contributed by atoms with van der Waals surface area (Å²) in [6.07, 6.45) is 3.02. The minimum atomic E-state index is 0.184. The van der Waals surface area contributed by atoms with Gasteiger partial charge in [-0.25, -0.2) is 0 Å². The normalized spacial score (nSPS) is 16.8. The van der Waals surface area contributed by atoms with Crippen LogP contribution in [0.2, 0.25) is 0 Å². The van der Waals surface area contributed by atoms with E-state index in [1.807, 2.05) is 12.1 Å². The number of anilines is 1. The van der Waals surface area contributed by atoms with Crippen LogP contribution >= 0.6 is 0 Å². The lowest BCUT2D eigenvalue weighted by Gasteiger charge is -2.23. The average molecular weight is 337 g/mol.